The summed E-state index contributed by atoms with van der Waals surface area (Å²) in [5.74, 6) is 0.860. The van der Waals surface area contributed by atoms with Gasteiger partial charge in [-0.2, -0.15) is 0 Å². The molecule has 51 valence electrons. The molecule has 1 heteroatoms. The normalized spacial score (nSPS) is 8.80. The van der Waals surface area contributed by atoms with Crippen molar-refractivity contribution in [2.75, 3.05) is 6.61 Å². The number of benzene rings is 1. The minimum Gasteiger partial charge on any atom is -0.489 e. The number of rotatable bonds is 3. The van der Waals surface area contributed by atoms with Crippen LogP contribution in [-0.4, -0.2) is 6.61 Å². The fourth-order valence-corrected chi connectivity index (χ4v) is 0.651. The first kappa shape index (κ1) is 6.87. The maximum absolute atomic E-state index is 5.18. The quantitative estimate of drug-likeness (QED) is 0.613. The maximum atomic E-state index is 5.18. The monoisotopic (exact) mass is 133 g/mol. The summed E-state index contributed by atoms with van der Waals surface area (Å²) in [6.07, 6.45) is 2.64. The topological polar surface area (TPSA) is 9.23 Å². The standard InChI is InChI=1S/C9H9O/c1-2-8-10-9-6-4-3-5-7-9/h3-7H,1,8H2. The zero-order valence-electron chi connectivity index (χ0n) is 5.71. The highest BCUT2D eigenvalue weighted by molar-refractivity contribution is 5.20. The van der Waals surface area contributed by atoms with Gasteiger partial charge in [0.2, 0.25) is 0 Å². The molecule has 1 radical (unpaired) electrons. The Kier molecular flexibility index (Phi) is 2.56. The van der Waals surface area contributed by atoms with E-state index < -0.39 is 0 Å². The summed E-state index contributed by atoms with van der Waals surface area (Å²) in [5, 5.41) is 0. The van der Waals surface area contributed by atoms with Crippen LogP contribution in [-0.2, 0) is 0 Å². The zero-order chi connectivity index (χ0) is 7.23. The smallest absolute Gasteiger partial charge is 0.119 e. The van der Waals surface area contributed by atoms with Gasteiger partial charge in [0.1, 0.15) is 12.4 Å². The number of para-hydroxylation sites is 1. The van der Waals surface area contributed by atoms with Crippen molar-refractivity contribution < 1.29 is 4.74 Å². The predicted molar refractivity (Wildman–Crippen MR) is 40.8 cm³/mol. The van der Waals surface area contributed by atoms with Crippen LogP contribution < -0.4 is 4.74 Å². The molecule has 0 saturated carbocycles. The van der Waals surface area contributed by atoms with Crippen LogP contribution in [0.4, 0.5) is 0 Å². The van der Waals surface area contributed by atoms with Crippen molar-refractivity contribution in [1.29, 1.82) is 0 Å². The third kappa shape index (κ3) is 1.94. The molecule has 0 fully saturated rings. The molecular weight excluding hydrogens is 124 g/mol. The minimum atomic E-state index is 0.448. The first-order valence-electron chi connectivity index (χ1n) is 3.11. The SMILES string of the molecule is C=[C]COc1ccccc1. The molecule has 0 amide bonds. The van der Waals surface area contributed by atoms with Gasteiger partial charge in [-0.1, -0.05) is 24.8 Å². The Bertz CT molecular complexity index is 191. The van der Waals surface area contributed by atoms with Gasteiger partial charge >= 0.3 is 0 Å². The summed E-state index contributed by atoms with van der Waals surface area (Å²) in [5.41, 5.74) is 0. The van der Waals surface area contributed by atoms with E-state index in [2.05, 4.69) is 12.7 Å². The third-order valence-electron chi connectivity index (χ3n) is 1.08. The van der Waals surface area contributed by atoms with Gasteiger partial charge in [0.15, 0.2) is 0 Å². The molecular formula is C9H9O. The fraction of sp³-hybridized carbons (Fsp3) is 0.111. The highest BCUT2D eigenvalue weighted by Crippen LogP contribution is 2.07. The van der Waals surface area contributed by atoms with Gasteiger partial charge in [0.05, 0.1) is 0 Å². The van der Waals surface area contributed by atoms with E-state index in [9.17, 15) is 0 Å². The van der Waals surface area contributed by atoms with Crippen LogP contribution in [0.3, 0.4) is 0 Å². The number of ether oxygens (including phenoxy) is 1. The van der Waals surface area contributed by atoms with Crippen LogP contribution in [0.1, 0.15) is 0 Å². The summed E-state index contributed by atoms with van der Waals surface area (Å²) in [6, 6.07) is 9.61. The molecule has 0 heterocycles. The van der Waals surface area contributed by atoms with E-state index in [1.165, 1.54) is 0 Å². The van der Waals surface area contributed by atoms with Crippen molar-refractivity contribution in [3.8, 4) is 5.75 Å². The van der Waals surface area contributed by atoms with Crippen molar-refractivity contribution in [3.05, 3.63) is 43.0 Å². The first-order valence-corrected chi connectivity index (χ1v) is 3.11. The first-order chi connectivity index (χ1) is 4.93. The molecule has 0 aromatic heterocycles. The van der Waals surface area contributed by atoms with Gasteiger partial charge in [-0.05, 0) is 18.2 Å². The molecule has 0 N–H and O–H groups in total. The zero-order valence-corrected chi connectivity index (χ0v) is 5.71. The van der Waals surface area contributed by atoms with Crippen molar-refractivity contribution in [2.24, 2.45) is 0 Å². The molecule has 0 saturated heterocycles. The lowest BCUT2D eigenvalue weighted by molar-refractivity contribution is 0.357. The van der Waals surface area contributed by atoms with E-state index in [0.29, 0.717) is 6.61 Å². The summed E-state index contributed by atoms with van der Waals surface area (Å²) in [4.78, 5) is 0. The highest BCUT2D eigenvalue weighted by atomic mass is 16.5. The summed E-state index contributed by atoms with van der Waals surface area (Å²) >= 11 is 0. The Labute approximate surface area is 61.0 Å². The van der Waals surface area contributed by atoms with Gasteiger partial charge in [-0.25, -0.2) is 0 Å². The van der Waals surface area contributed by atoms with Crippen LogP contribution in [0, 0.1) is 6.08 Å². The van der Waals surface area contributed by atoms with Gasteiger partial charge in [-0.15, -0.1) is 0 Å². The van der Waals surface area contributed by atoms with Crippen molar-refractivity contribution in [1.82, 2.24) is 0 Å². The summed E-state index contributed by atoms with van der Waals surface area (Å²) in [7, 11) is 0. The molecule has 0 unspecified atom stereocenters. The van der Waals surface area contributed by atoms with E-state index in [0.717, 1.165) is 5.75 Å². The maximum Gasteiger partial charge on any atom is 0.119 e. The molecule has 10 heavy (non-hydrogen) atoms. The Morgan fingerprint density at radius 3 is 2.60 bits per heavy atom. The molecule has 1 rings (SSSR count). The number of hydrogen-bond donors (Lipinski definition) is 0. The summed E-state index contributed by atoms with van der Waals surface area (Å²) in [6.45, 7) is 3.87. The Hall–Kier alpha value is -1.24. The van der Waals surface area contributed by atoms with E-state index in [4.69, 9.17) is 4.74 Å². The van der Waals surface area contributed by atoms with Crippen LogP contribution >= 0.6 is 0 Å². The van der Waals surface area contributed by atoms with Gasteiger partial charge in [0, 0.05) is 0 Å². The lowest BCUT2D eigenvalue weighted by Gasteiger charge is -1.99. The molecule has 0 aliphatic heterocycles. The van der Waals surface area contributed by atoms with Gasteiger partial charge in [0.25, 0.3) is 0 Å². The molecule has 0 aliphatic rings. The molecule has 0 spiro atoms. The van der Waals surface area contributed by atoms with Crippen LogP contribution in [0.2, 0.25) is 0 Å². The Morgan fingerprint density at radius 1 is 1.30 bits per heavy atom. The van der Waals surface area contributed by atoms with E-state index in [1.807, 2.05) is 30.3 Å². The minimum absolute atomic E-state index is 0.448. The lowest BCUT2D eigenvalue weighted by atomic mass is 10.3. The molecule has 0 bridgehead atoms. The van der Waals surface area contributed by atoms with Crippen LogP contribution in [0.15, 0.2) is 36.9 Å². The van der Waals surface area contributed by atoms with Crippen molar-refractivity contribution >= 4 is 0 Å². The predicted octanol–water partition coefficient (Wildman–Crippen LogP) is 2.05. The van der Waals surface area contributed by atoms with E-state index in [-0.39, 0.29) is 0 Å². The molecule has 0 atom stereocenters. The molecule has 0 aliphatic carbocycles. The van der Waals surface area contributed by atoms with Crippen molar-refractivity contribution in [2.45, 2.75) is 0 Å². The largest absolute Gasteiger partial charge is 0.489 e. The number of hydrogen-bond acceptors (Lipinski definition) is 1. The molecule has 1 nitrogen and oxygen atoms in total. The average molecular weight is 133 g/mol. The van der Waals surface area contributed by atoms with E-state index >= 15 is 0 Å². The Morgan fingerprint density at radius 2 is 2.00 bits per heavy atom. The second-order valence-corrected chi connectivity index (χ2v) is 1.85. The second kappa shape index (κ2) is 3.72. The Balaban J connectivity index is 2.50. The van der Waals surface area contributed by atoms with E-state index in [1.54, 1.807) is 0 Å². The fourth-order valence-electron chi connectivity index (χ4n) is 0.651. The highest BCUT2D eigenvalue weighted by Gasteiger charge is 1.85. The molecule has 1 aromatic carbocycles. The van der Waals surface area contributed by atoms with Crippen LogP contribution in [0.25, 0.3) is 0 Å². The second-order valence-electron chi connectivity index (χ2n) is 1.85. The van der Waals surface area contributed by atoms with Crippen LogP contribution in [0.5, 0.6) is 5.75 Å². The lowest BCUT2D eigenvalue weighted by Crippen LogP contribution is -1.91. The van der Waals surface area contributed by atoms with Gasteiger partial charge < -0.3 is 4.74 Å². The third-order valence-corrected chi connectivity index (χ3v) is 1.08. The average Bonchev–Trinajstić information content (AvgIpc) is 2.03. The van der Waals surface area contributed by atoms with Gasteiger partial charge in [-0.3, -0.25) is 0 Å². The summed E-state index contributed by atoms with van der Waals surface area (Å²) < 4.78 is 5.18. The molecule has 1 aromatic rings. The van der Waals surface area contributed by atoms with Crippen molar-refractivity contribution in [3.63, 3.8) is 0 Å².